The molecule has 4 heterocycles. The van der Waals surface area contributed by atoms with Crippen molar-refractivity contribution in [3.8, 4) is 0 Å². The zero-order valence-corrected chi connectivity index (χ0v) is 19.7. The number of halogens is 4. The van der Waals surface area contributed by atoms with Crippen LogP contribution in [0.1, 0.15) is 49.4 Å². The van der Waals surface area contributed by atoms with Gasteiger partial charge in [0, 0.05) is 43.2 Å². The predicted molar refractivity (Wildman–Crippen MR) is 125 cm³/mol. The van der Waals surface area contributed by atoms with E-state index in [-0.39, 0.29) is 11.6 Å². The van der Waals surface area contributed by atoms with Crippen molar-refractivity contribution in [2.24, 2.45) is 11.8 Å². The molecule has 1 saturated heterocycles. The first-order chi connectivity index (χ1) is 17.0. The molecule has 1 aliphatic carbocycles. The molecule has 7 nitrogen and oxygen atoms in total. The van der Waals surface area contributed by atoms with Crippen molar-refractivity contribution in [1.29, 1.82) is 0 Å². The third kappa shape index (κ3) is 4.11. The Morgan fingerprint density at radius 1 is 0.971 bits per heavy atom. The zero-order valence-electron chi connectivity index (χ0n) is 19.0. The zero-order chi connectivity index (χ0) is 24.1. The number of hydrogen-bond donors (Lipinski definition) is 1. The average Bonchev–Trinajstić information content (AvgIpc) is 3.25. The van der Waals surface area contributed by atoms with Crippen LogP contribution in [0.5, 0.6) is 0 Å². The Hall–Kier alpha value is -2.88. The summed E-state index contributed by atoms with van der Waals surface area (Å²) < 4.78 is 44.0. The van der Waals surface area contributed by atoms with Crippen molar-refractivity contribution >= 4 is 23.4 Å². The second kappa shape index (κ2) is 8.96. The summed E-state index contributed by atoms with van der Waals surface area (Å²) in [5.74, 6) is -1.52. The quantitative estimate of drug-likeness (QED) is 0.408. The van der Waals surface area contributed by atoms with Gasteiger partial charge in [0.2, 0.25) is 5.95 Å². The molecular formula is C24H25ClF3N7. The van der Waals surface area contributed by atoms with Gasteiger partial charge in [-0.05, 0) is 43.6 Å². The molecule has 184 valence electrons. The Bertz CT molecular complexity index is 1240. The molecule has 35 heavy (non-hydrogen) atoms. The number of piperidine rings is 1. The van der Waals surface area contributed by atoms with Gasteiger partial charge in [-0.2, -0.15) is 4.98 Å². The Balaban J connectivity index is 1.24. The summed E-state index contributed by atoms with van der Waals surface area (Å²) in [4.78, 5) is 15.4. The molecule has 2 fully saturated rings. The molecule has 1 unspecified atom stereocenters. The maximum Gasteiger partial charge on any atom is 0.242 e. The minimum absolute atomic E-state index is 0.128. The van der Waals surface area contributed by atoms with Crippen LogP contribution in [-0.4, -0.2) is 43.9 Å². The van der Waals surface area contributed by atoms with Crippen LogP contribution in [0.4, 0.5) is 24.9 Å². The van der Waals surface area contributed by atoms with Gasteiger partial charge < -0.3 is 10.2 Å². The number of rotatable bonds is 4. The van der Waals surface area contributed by atoms with Crippen molar-refractivity contribution in [3.63, 3.8) is 0 Å². The topological polar surface area (TPSA) is 71.8 Å². The van der Waals surface area contributed by atoms with Gasteiger partial charge in [-0.3, -0.25) is 0 Å². The molecular weight excluding hydrogens is 479 g/mol. The van der Waals surface area contributed by atoms with E-state index in [1.165, 1.54) is 12.4 Å². The fourth-order valence-electron chi connectivity index (χ4n) is 5.97. The van der Waals surface area contributed by atoms with Crippen LogP contribution in [0.2, 0.25) is 5.15 Å². The Morgan fingerprint density at radius 2 is 1.77 bits per heavy atom. The second-order valence-corrected chi connectivity index (χ2v) is 10.1. The average molecular weight is 504 g/mol. The van der Waals surface area contributed by atoms with Crippen LogP contribution in [0.3, 0.4) is 0 Å². The fraction of sp³-hybridized carbons (Fsp3) is 0.500. The molecule has 3 aliphatic rings. The van der Waals surface area contributed by atoms with E-state index >= 15 is 0 Å². The molecule has 1 saturated carbocycles. The molecule has 1 aromatic carbocycles. The van der Waals surface area contributed by atoms with Crippen molar-refractivity contribution in [3.05, 3.63) is 58.5 Å². The Labute approximate surface area is 205 Å². The standard InChI is InChI=1S/C24H25ClF3N7/c25-18-9-19(30-12-29-18)34-10-13-4-5-14(11-34)22(13)31-24-32-23-16(3-1-2-8-35(23)33-24)15-6-7-17(26)21(28)20(15)27/h6-7,9,12-14,16,22H,1-5,8,10-11H2,(H,31,33)/t13-,14?,16+,22-/m0/s1. The van der Waals surface area contributed by atoms with E-state index in [4.69, 9.17) is 16.6 Å². The summed E-state index contributed by atoms with van der Waals surface area (Å²) in [6.07, 6.45) is 5.96. The van der Waals surface area contributed by atoms with E-state index < -0.39 is 23.4 Å². The summed E-state index contributed by atoms with van der Waals surface area (Å²) >= 11 is 6.06. The molecule has 2 aliphatic heterocycles. The van der Waals surface area contributed by atoms with Gasteiger partial charge in [0.05, 0.1) is 0 Å². The first-order valence-electron chi connectivity index (χ1n) is 12.0. The molecule has 0 amide bonds. The maximum absolute atomic E-state index is 14.7. The fourth-order valence-corrected chi connectivity index (χ4v) is 6.11. The van der Waals surface area contributed by atoms with E-state index in [2.05, 4.69) is 25.3 Å². The molecule has 3 aromatic rings. The third-order valence-corrected chi connectivity index (χ3v) is 7.84. The molecule has 6 rings (SSSR count). The second-order valence-electron chi connectivity index (χ2n) is 9.70. The molecule has 4 atom stereocenters. The van der Waals surface area contributed by atoms with Crippen LogP contribution in [0.15, 0.2) is 24.5 Å². The largest absolute Gasteiger partial charge is 0.356 e. The van der Waals surface area contributed by atoms with Gasteiger partial charge in [-0.1, -0.05) is 24.1 Å². The molecule has 11 heteroatoms. The number of aryl methyl sites for hydroxylation is 1. The molecule has 0 spiro atoms. The van der Waals surface area contributed by atoms with Gasteiger partial charge in [0.25, 0.3) is 0 Å². The number of fused-ring (bicyclic) bond motifs is 3. The van der Waals surface area contributed by atoms with Gasteiger partial charge in [-0.15, -0.1) is 5.10 Å². The van der Waals surface area contributed by atoms with Gasteiger partial charge in [0.1, 0.15) is 23.1 Å². The van der Waals surface area contributed by atoms with E-state index in [1.54, 1.807) is 10.7 Å². The summed E-state index contributed by atoms with van der Waals surface area (Å²) in [5, 5.41) is 8.67. The lowest BCUT2D eigenvalue weighted by atomic mass is 9.92. The number of nitrogens with one attached hydrogen (secondary N) is 1. The number of aromatic nitrogens is 5. The lowest BCUT2D eigenvalue weighted by molar-refractivity contribution is 0.374. The van der Waals surface area contributed by atoms with Crippen LogP contribution < -0.4 is 10.2 Å². The predicted octanol–water partition coefficient (Wildman–Crippen LogP) is 4.78. The van der Waals surface area contributed by atoms with Crippen LogP contribution >= 0.6 is 11.6 Å². The normalized spacial score (nSPS) is 25.9. The Kier molecular flexibility index (Phi) is 5.78. The van der Waals surface area contributed by atoms with E-state index in [9.17, 15) is 13.2 Å². The smallest absolute Gasteiger partial charge is 0.242 e. The number of anilines is 2. The monoisotopic (exact) mass is 503 g/mol. The molecule has 2 bridgehead atoms. The van der Waals surface area contributed by atoms with Gasteiger partial charge in [-0.25, -0.2) is 27.8 Å². The summed E-state index contributed by atoms with van der Waals surface area (Å²) in [6.45, 7) is 2.35. The summed E-state index contributed by atoms with van der Waals surface area (Å²) in [6, 6.07) is 4.31. The molecule has 1 N–H and O–H groups in total. The van der Waals surface area contributed by atoms with E-state index in [0.717, 1.165) is 50.7 Å². The number of nitrogens with zero attached hydrogens (tertiary/aromatic N) is 6. The third-order valence-electron chi connectivity index (χ3n) is 7.64. The van der Waals surface area contributed by atoms with Crippen molar-refractivity contribution in [2.75, 3.05) is 23.3 Å². The number of benzene rings is 1. The minimum Gasteiger partial charge on any atom is -0.356 e. The molecule has 2 aromatic heterocycles. The highest BCUT2D eigenvalue weighted by molar-refractivity contribution is 6.29. The number of hydrogen-bond acceptors (Lipinski definition) is 6. The van der Waals surface area contributed by atoms with Crippen LogP contribution in [0, 0.1) is 29.3 Å². The van der Waals surface area contributed by atoms with Gasteiger partial charge >= 0.3 is 0 Å². The first-order valence-corrected chi connectivity index (χ1v) is 12.4. The van der Waals surface area contributed by atoms with Crippen LogP contribution in [0.25, 0.3) is 0 Å². The van der Waals surface area contributed by atoms with Crippen LogP contribution in [-0.2, 0) is 6.54 Å². The minimum atomic E-state index is -1.44. The summed E-state index contributed by atoms with van der Waals surface area (Å²) in [7, 11) is 0. The SMILES string of the molecule is Fc1ccc([C@H]2CCCCn3nc(N[C@@H]4C5CC[C@H]4CN(c4cc(Cl)ncn4)C5)nc32)c(F)c1F. The maximum atomic E-state index is 14.7. The lowest BCUT2D eigenvalue weighted by Gasteiger charge is -2.38. The first kappa shape index (κ1) is 22.6. The van der Waals surface area contributed by atoms with Crippen molar-refractivity contribution < 1.29 is 13.2 Å². The van der Waals surface area contributed by atoms with Crippen molar-refractivity contribution in [2.45, 2.75) is 50.6 Å². The van der Waals surface area contributed by atoms with Gasteiger partial charge in [0.15, 0.2) is 17.5 Å². The molecule has 0 radical (unpaired) electrons. The van der Waals surface area contributed by atoms with E-state index in [0.29, 0.717) is 41.7 Å². The lowest BCUT2D eigenvalue weighted by Crippen LogP contribution is -2.48. The Morgan fingerprint density at radius 3 is 2.54 bits per heavy atom. The summed E-state index contributed by atoms with van der Waals surface area (Å²) in [5.41, 5.74) is 0.128. The highest BCUT2D eigenvalue weighted by atomic mass is 35.5. The van der Waals surface area contributed by atoms with Crippen molar-refractivity contribution in [1.82, 2.24) is 24.7 Å². The highest BCUT2D eigenvalue weighted by Crippen LogP contribution is 2.40. The highest BCUT2D eigenvalue weighted by Gasteiger charge is 2.43. The van der Waals surface area contributed by atoms with E-state index in [1.807, 2.05) is 0 Å².